The minimum atomic E-state index is 0.834. The lowest BCUT2D eigenvalue weighted by atomic mass is 10.0. The van der Waals surface area contributed by atoms with Gasteiger partial charge in [0.2, 0.25) is 0 Å². The minimum Gasteiger partial charge on any atom is -0.399 e. The van der Waals surface area contributed by atoms with E-state index in [2.05, 4.69) is 40.8 Å². The van der Waals surface area contributed by atoms with Crippen LogP contribution in [-0.4, -0.2) is 0 Å². The molecule has 15 heavy (non-hydrogen) atoms. The van der Waals surface area contributed by atoms with Crippen molar-refractivity contribution < 1.29 is 0 Å². The Kier molecular flexibility index (Phi) is 3.46. The fraction of sp³-hybridized carbons (Fsp3) is 0.231. The summed E-state index contributed by atoms with van der Waals surface area (Å²) in [5.41, 5.74) is 9.16. The Morgan fingerprint density at radius 2 is 2.13 bits per heavy atom. The SMILES string of the molecule is Nc1cccc(C2=CCCCC(I)=C2)c1. The maximum Gasteiger partial charge on any atom is 0.0320 e. The third-order valence-corrected chi connectivity index (χ3v) is 3.37. The molecule has 0 saturated heterocycles. The van der Waals surface area contributed by atoms with Gasteiger partial charge in [0.15, 0.2) is 0 Å². The summed E-state index contributed by atoms with van der Waals surface area (Å²) in [6.45, 7) is 0. The summed E-state index contributed by atoms with van der Waals surface area (Å²) in [6.07, 6.45) is 8.18. The van der Waals surface area contributed by atoms with Gasteiger partial charge in [-0.2, -0.15) is 0 Å². The summed E-state index contributed by atoms with van der Waals surface area (Å²) < 4.78 is 1.43. The summed E-state index contributed by atoms with van der Waals surface area (Å²) in [6, 6.07) is 8.10. The van der Waals surface area contributed by atoms with Crippen molar-refractivity contribution in [3.8, 4) is 0 Å². The lowest BCUT2D eigenvalue weighted by molar-refractivity contribution is 0.873. The van der Waals surface area contributed by atoms with Crippen molar-refractivity contribution in [1.29, 1.82) is 0 Å². The third kappa shape index (κ3) is 2.84. The van der Waals surface area contributed by atoms with Crippen LogP contribution in [0.15, 0.2) is 40.0 Å². The Hall–Kier alpha value is -0.770. The lowest BCUT2D eigenvalue weighted by Crippen LogP contribution is -1.87. The van der Waals surface area contributed by atoms with Crippen molar-refractivity contribution >= 4 is 33.9 Å². The molecule has 1 nitrogen and oxygen atoms in total. The Morgan fingerprint density at radius 1 is 1.27 bits per heavy atom. The van der Waals surface area contributed by atoms with Gasteiger partial charge in [0.25, 0.3) is 0 Å². The summed E-state index contributed by atoms with van der Waals surface area (Å²) in [4.78, 5) is 0. The highest BCUT2D eigenvalue weighted by Crippen LogP contribution is 2.28. The molecule has 0 radical (unpaired) electrons. The number of anilines is 1. The highest BCUT2D eigenvalue weighted by molar-refractivity contribution is 14.1. The molecule has 0 spiro atoms. The van der Waals surface area contributed by atoms with E-state index in [1.54, 1.807) is 0 Å². The first-order chi connectivity index (χ1) is 7.25. The van der Waals surface area contributed by atoms with E-state index in [1.807, 2.05) is 18.2 Å². The molecule has 1 aliphatic rings. The van der Waals surface area contributed by atoms with Crippen LogP contribution in [0.3, 0.4) is 0 Å². The van der Waals surface area contributed by atoms with Gasteiger partial charge in [0.05, 0.1) is 0 Å². The molecule has 0 amide bonds. The van der Waals surface area contributed by atoms with E-state index in [0.717, 1.165) is 12.1 Å². The second kappa shape index (κ2) is 4.84. The van der Waals surface area contributed by atoms with Crippen molar-refractivity contribution in [1.82, 2.24) is 0 Å². The smallest absolute Gasteiger partial charge is 0.0320 e. The predicted octanol–water partition coefficient (Wildman–Crippen LogP) is 4.16. The molecule has 2 rings (SSSR count). The topological polar surface area (TPSA) is 26.0 Å². The minimum absolute atomic E-state index is 0.834. The van der Waals surface area contributed by atoms with Gasteiger partial charge in [-0.15, -0.1) is 0 Å². The molecule has 2 N–H and O–H groups in total. The Balaban J connectivity index is 2.37. The Labute approximate surface area is 104 Å². The molecule has 1 aromatic carbocycles. The van der Waals surface area contributed by atoms with E-state index < -0.39 is 0 Å². The van der Waals surface area contributed by atoms with E-state index in [0.29, 0.717) is 0 Å². The summed E-state index contributed by atoms with van der Waals surface area (Å²) >= 11 is 2.42. The summed E-state index contributed by atoms with van der Waals surface area (Å²) in [7, 11) is 0. The summed E-state index contributed by atoms with van der Waals surface area (Å²) in [5.74, 6) is 0. The number of nitrogen functional groups attached to an aromatic ring is 1. The quantitative estimate of drug-likeness (QED) is 0.612. The van der Waals surface area contributed by atoms with E-state index in [1.165, 1.54) is 27.6 Å². The molecule has 0 bridgehead atoms. The van der Waals surface area contributed by atoms with Crippen LogP contribution >= 0.6 is 22.6 Å². The fourth-order valence-electron chi connectivity index (χ4n) is 1.75. The highest BCUT2D eigenvalue weighted by atomic mass is 127. The lowest BCUT2D eigenvalue weighted by Gasteiger charge is -2.03. The number of halogens is 1. The first kappa shape index (κ1) is 10.7. The molecule has 0 fully saturated rings. The molecule has 0 heterocycles. The molecule has 78 valence electrons. The van der Waals surface area contributed by atoms with Gasteiger partial charge >= 0.3 is 0 Å². The van der Waals surface area contributed by atoms with Gasteiger partial charge in [-0.3, -0.25) is 0 Å². The first-order valence-electron chi connectivity index (χ1n) is 5.18. The second-order valence-corrected chi connectivity index (χ2v) is 5.15. The van der Waals surface area contributed by atoms with Gasteiger partial charge < -0.3 is 5.73 Å². The third-order valence-electron chi connectivity index (χ3n) is 2.52. The van der Waals surface area contributed by atoms with Gasteiger partial charge in [-0.05, 0) is 74.8 Å². The van der Waals surface area contributed by atoms with Crippen LogP contribution in [0.5, 0.6) is 0 Å². The van der Waals surface area contributed by atoms with Gasteiger partial charge in [0, 0.05) is 5.69 Å². The molecule has 0 aromatic heterocycles. The largest absolute Gasteiger partial charge is 0.399 e. The zero-order chi connectivity index (χ0) is 10.7. The van der Waals surface area contributed by atoms with Crippen molar-refractivity contribution in [2.45, 2.75) is 19.3 Å². The molecule has 2 heteroatoms. The number of rotatable bonds is 1. The zero-order valence-electron chi connectivity index (χ0n) is 8.54. The maximum atomic E-state index is 5.79. The van der Waals surface area contributed by atoms with Gasteiger partial charge in [-0.25, -0.2) is 0 Å². The first-order valence-corrected chi connectivity index (χ1v) is 6.26. The molecule has 0 aliphatic heterocycles. The molecule has 0 atom stereocenters. The van der Waals surface area contributed by atoms with Crippen LogP contribution in [0.25, 0.3) is 5.57 Å². The normalized spacial score (nSPS) is 16.6. The van der Waals surface area contributed by atoms with E-state index in [-0.39, 0.29) is 0 Å². The van der Waals surface area contributed by atoms with E-state index in [4.69, 9.17) is 5.73 Å². The molecule has 1 aliphatic carbocycles. The van der Waals surface area contributed by atoms with Crippen LogP contribution < -0.4 is 5.73 Å². The average molecular weight is 311 g/mol. The molecular formula is C13H14IN. The summed E-state index contributed by atoms with van der Waals surface area (Å²) in [5, 5.41) is 0. The monoisotopic (exact) mass is 311 g/mol. The van der Waals surface area contributed by atoms with Crippen molar-refractivity contribution in [3.05, 3.63) is 45.6 Å². The predicted molar refractivity (Wildman–Crippen MR) is 74.8 cm³/mol. The Bertz CT molecular complexity index is 418. The Morgan fingerprint density at radius 3 is 2.93 bits per heavy atom. The van der Waals surface area contributed by atoms with E-state index >= 15 is 0 Å². The second-order valence-electron chi connectivity index (χ2n) is 3.77. The van der Waals surface area contributed by atoms with Gasteiger partial charge in [0.1, 0.15) is 0 Å². The van der Waals surface area contributed by atoms with Crippen LogP contribution in [0.2, 0.25) is 0 Å². The van der Waals surface area contributed by atoms with Crippen LogP contribution in [-0.2, 0) is 0 Å². The maximum absolute atomic E-state index is 5.79. The van der Waals surface area contributed by atoms with E-state index in [9.17, 15) is 0 Å². The number of hydrogen-bond acceptors (Lipinski definition) is 1. The highest BCUT2D eigenvalue weighted by Gasteiger charge is 2.04. The molecule has 0 unspecified atom stereocenters. The van der Waals surface area contributed by atoms with Crippen LogP contribution in [0.4, 0.5) is 5.69 Å². The molecule has 0 saturated carbocycles. The fourth-order valence-corrected chi connectivity index (χ4v) is 2.46. The molecular weight excluding hydrogens is 297 g/mol. The van der Waals surface area contributed by atoms with Gasteiger partial charge in [-0.1, -0.05) is 18.2 Å². The van der Waals surface area contributed by atoms with Crippen LogP contribution in [0.1, 0.15) is 24.8 Å². The van der Waals surface area contributed by atoms with Crippen LogP contribution in [0, 0.1) is 0 Å². The van der Waals surface area contributed by atoms with Crippen molar-refractivity contribution in [3.63, 3.8) is 0 Å². The number of allylic oxidation sites excluding steroid dienone is 4. The van der Waals surface area contributed by atoms with Crippen molar-refractivity contribution in [2.75, 3.05) is 5.73 Å². The zero-order valence-corrected chi connectivity index (χ0v) is 10.7. The standard InChI is InChI=1S/C13H14IN/c14-12-6-2-1-4-10(8-12)11-5-3-7-13(15)9-11/h3-5,7-9H,1-2,6,15H2. The van der Waals surface area contributed by atoms with Crippen molar-refractivity contribution in [2.24, 2.45) is 0 Å². The average Bonchev–Trinajstić information content (AvgIpc) is 2.43. The molecule has 1 aromatic rings. The number of nitrogens with two attached hydrogens (primary N) is 1. The number of hydrogen-bond donors (Lipinski definition) is 1. The number of benzene rings is 1.